The molecule has 1 amide bonds. The van der Waals surface area contributed by atoms with Crippen LogP contribution >= 0.6 is 0 Å². The van der Waals surface area contributed by atoms with Gasteiger partial charge in [0, 0.05) is 0 Å². The number of rotatable bonds is 4. The first-order valence-corrected chi connectivity index (χ1v) is 6.52. The molecule has 2 heterocycles. The van der Waals surface area contributed by atoms with Gasteiger partial charge in [0.05, 0.1) is 0 Å². The van der Waals surface area contributed by atoms with E-state index in [1.54, 1.807) is 13.8 Å². The molecule has 0 spiro atoms. The van der Waals surface area contributed by atoms with Gasteiger partial charge in [-0.3, -0.25) is 0 Å². The maximum absolute atomic E-state index is 12.1. The molecule has 7 heteroatoms. The Morgan fingerprint density at radius 3 is 2.55 bits per heavy atom. The van der Waals surface area contributed by atoms with E-state index in [0.29, 0.717) is 6.42 Å². The number of amides is 1. The average molecular weight is 280 g/mol. The minimum Gasteiger partial charge on any atom is -0.437 e. The molecule has 0 aromatic carbocycles. The molecule has 7 nitrogen and oxygen atoms in total. The van der Waals surface area contributed by atoms with Crippen LogP contribution in [0.2, 0.25) is 0 Å². The fourth-order valence-electron chi connectivity index (χ4n) is 2.28. The molecular weight excluding hydrogens is 260 g/mol. The fourth-order valence-corrected chi connectivity index (χ4v) is 2.28. The van der Waals surface area contributed by atoms with Gasteiger partial charge < -0.3 is 9.84 Å². The number of carbonyl (C=O) groups excluding carboxylic acids is 1. The van der Waals surface area contributed by atoms with Gasteiger partial charge in [0.1, 0.15) is 12.7 Å². The summed E-state index contributed by atoms with van der Waals surface area (Å²) >= 11 is 0. The minimum atomic E-state index is -1.48. The maximum Gasteiger partial charge on any atom is 0.432 e. The lowest BCUT2D eigenvalue weighted by Gasteiger charge is -2.36. The second-order valence-electron chi connectivity index (χ2n) is 5.59. The molecular formula is C13H20N4O3. The Labute approximate surface area is 117 Å². The highest BCUT2D eigenvalue weighted by Gasteiger charge is 2.60. The van der Waals surface area contributed by atoms with E-state index in [1.165, 1.54) is 22.9 Å². The Kier molecular flexibility index (Phi) is 3.56. The number of allylic oxidation sites excluding steroid dienone is 2. The lowest BCUT2D eigenvalue weighted by atomic mass is 9.89. The number of hydrogen-bond donors (Lipinski definition) is 1. The molecule has 0 radical (unpaired) electrons. The normalized spacial score (nSPS) is 29.4. The third kappa shape index (κ3) is 2.29. The zero-order valence-electron chi connectivity index (χ0n) is 12.2. The Bertz CT molecular complexity index is 520. The summed E-state index contributed by atoms with van der Waals surface area (Å²) in [5.41, 5.74) is -1.30. The van der Waals surface area contributed by atoms with Gasteiger partial charge in [0.25, 0.3) is 0 Å². The summed E-state index contributed by atoms with van der Waals surface area (Å²) in [6.07, 6.45) is 5.37. The molecule has 1 aliphatic heterocycles. The van der Waals surface area contributed by atoms with Gasteiger partial charge >= 0.3 is 6.09 Å². The smallest absolute Gasteiger partial charge is 0.432 e. The number of ether oxygens (including phenoxy) is 1. The third-order valence-corrected chi connectivity index (χ3v) is 3.71. The van der Waals surface area contributed by atoms with Crippen LogP contribution in [0, 0.1) is 0 Å². The number of hydrogen-bond acceptors (Lipinski definition) is 5. The van der Waals surface area contributed by atoms with E-state index in [2.05, 4.69) is 16.3 Å². The molecule has 1 fully saturated rings. The monoisotopic (exact) mass is 280 g/mol. The van der Waals surface area contributed by atoms with Gasteiger partial charge in [0.2, 0.25) is 5.72 Å². The quantitative estimate of drug-likeness (QED) is 0.847. The largest absolute Gasteiger partial charge is 0.437 e. The molecule has 1 saturated heterocycles. The summed E-state index contributed by atoms with van der Waals surface area (Å²) in [5, 5.41) is 19.2. The van der Waals surface area contributed by atoms with Gasteiger partial charge in [-0.2, -0.15) is 5.01 Å². The van der Waals surface area contributed by atoms with E-state index in [1.807, 2.05) is 13.8 Å². The summed E-state index contributed by atoms with van der Waals surface area (Å²) in [6.45, 7) is 7.30. The van der Waals surface area contributed by atoms with Crippen LogP contribution in [0.15, 0.2) is 24.3 Å². The van der Waals surface area contributed by atoms with E-state index in [0.717, 1.165) is 11.4 Å². The zero-order valence-corrected chi connectivity index (χ0v) is 12.2. The first-order valence-electron chi connectivity index (χ1n) is 6.52. The van der Waals surface area contributed by atoms with Crippen LogP contribution in [0.25, 0.3) is 0 Å². The van der Waals surface area contributed by atoms with Crippen LogP contribution in [-0.2, 0) is 4.74 Å². The number of aromatic nitrogens is 3. The van der Waals surface area contributed by atoms with Crippen molar-refractivity contribution in [3.8, 4) is 0 Å². The summed E-state index contributed by atoms with van der Waals surface area (Å²) in [7, 11) is 0. The number of aliphatic hydroxyl groups is 1. The highest BCUT2D eigenvalue weighted by Crippen LogP contribution is 2.39. The molecule has 0 saturated carbocycles. The van der Waals surface area contributed by atoms with Gasteiger partial charge in [-0.1, -0.05) is 11.6 Å². The van der Waals surface area contributed by atoms with Crippen molar-refractivity contribution in [2.24, 2.45) is 0 Å². The summed E-state index contributed by atoms with van der Waals surface area (Å²) in [5.74, 6) is 0. The molecule has 1 aliphatic rings. The Morgan fingerprint density at radius 1 is 1.40 bits per heavy atom. The topological polar surface area (TPSA) is 80.5 Å². The van der Waals surface area contributed by atoms with Crippen molar-refractivity contribution in [2.45, 2.75) is 51.9 Å². The van der Waals surface area contributed by atoms with Crippen molar-refractivity contribution >= 4 is 6.09 Å². The molecule has 2 rings (SSSR count). The first kappa shape index (κ1) is 14.5. The fraction of sp³-hybridized carbons (Fsp3) is 0.615. The van der Waals surface area contributed by atoms with Crippen molar-refractivity contribution < 1.29 is 14.6 Å². The Balaban J connectivity index is 2.24. The minimum absolute atomic E-state index is 0.523. The summed E-state index contributed by atoms with van der Waals surface area (Å²) < 4.78 is 6.74. The Morgan fingerprint density at radius 2 is 2.00 bits per heavy atom. The van der Waals surface area contributed by atoms with E-state index >= 15 is 0 Å². The second-order valence-corrected chi connectivity index (χ2v) is 5.59. The highest BCUT2D eigenvalue weighted by atomic mass is 16.6. The second kappa shape index (κ2) is 4.90. The van der Waals surface area contributed by atoms with Crippen molar-refractivity contribution in [1.29, 1.82) is 0 Å². The predicted octanol–water partition coefficient (Wildman–Crippen LogP) is 1.58. The number of nitrogens with zero attached hydrogens (tertiary/aromatic N) is 4. The van der Waals surface area contributed by atoms with E-state index in [4.69, 9.17) is 4.74 Å². The molecule has 2 unspecified atom stereocenters. The van der Waals surface area contributed by atoms with Crippen molar-refractivity contribution in [2.75, 3.05) is 5.01 Å². The molecule has 1 aromatic heterocycles. The predicted molar refractivity (Wildman–Crippen MR) is 72.4 cm³/mol. The van der Waals surface area contributed by atoms with Crippen LogP contribution in [0.4, 0.5) is 4.79 Å². The summed E-state index contributed by atoms with van der Waals surface area (Å²) in [6, 6.07) is 0. The highest BCUT2D eigenvalue weighted by molar-refractivity contribution is 5.83. The average Bonchev–Trinajstić information content (AvgIpc) is 2.85. The molecule has 110 valence electrons. The zero-order chi connectivity index (χ0) is 15.0. The SMILES string of the molecule is CC(C)=CCCC1(C)OC(=O)N(n2cnnc2)C1(C)O. The lowest BCUT2D eigenvalue weighted by Crippen LogP contribution is -2.58. The number of carbonyl (C=O) groups is 1. The third-order valence-electron chi connectivity index (χ3n) is 3.71. The lowest BCUT2D eigenvalue weighted by molar-refractivity contribution is -0.0941. The van der Waals surface area contributed by atoms with Crippen molar-refractivity contribution in [3.05, 3.63) is 24.3 Å². The number of cyclic esters (lactones) is 1. The van der Waals surface area contributed by atoms with Crippen molar-refractivity contribution in [3.63, 3.8) is 0 Å². The van der Waals surface area contributed by atoms with Gasteiger partial charge in [0.15, 0.2) is 5.60 Å². The van der Waals surface area contributed by atoms with Gasteiger partial charge in [-0.15, -0.1) is 10.2 Å². The molecule has 1 N–H and O–H groups in total. The van der Waals surface area contributed by atoms with Crippen LogP contribution in [0.1, 0.15) is 40.5 Å². The van der Waals surface area contributed by atoms with Gasteiger partial charge in [-0.25, -0.2) is 9.47 Å². The molecule has 0 aliphatic carbocycles. The molecule has 20 heavy (non-hydrogen) atoms. The van der Waals surface area contributed by atoms with Crippen LogP contribution in [0.3, 0.4) is 0 Å². The Hall–Kier alpha value is -1.89. The van der Waals surface area contributed by atoms with E-state index in [9.17, 15) is 9.90 Å². The van der Waals surface area contributed by atoms with E-state index in [-0.39, 0.29) is 0 Å². The van der Waals surface area contributed by atoms with Gasteiger partial charge in [-0.05, 0) is 40.5 Å². The van der Waals surface area contributed by atoms with Crippen LogP contribution in [0.5, 0.6) is 0 Å². The standard InChI is InChI=1S/C13H20N4O3/c1-10(2)6-5-7-12(3)13(4,19)17(11(18)20-12)16-8-14-15-9-16/h6,8-9,19H,5,7H2,1-4H3. The maximum atomic E-state index is 12.1. The molecule has 2 atom stereocenters. The van der Waals surface area contributed by atoms with Crippen LogP contribution < -0.4 is 5.01 Å². The van der Waals surface area contributed by atoms with Crippen LogP contribution in [-0.4, -0.2) is 37.4 Å². The van der Waals surface area contributed by atoms with Crippen molar-refractivity contribution in [1.82, 2.24) is 14.9 Å². The molecule has 0 bridgehead atoms. The van der Waals surface area contributed by atoms with E-state index < -0.39 is 17.4 Å². The first-order chi connectivity index (χ1) is 9.28. The molecule has 1 aromatic rings. The summed E-state index contributed by atoms with van der Waals surface area (Å²) in [4.78, 5) is 12.1.